The SMILES string of the molecule is C=CN1CCCC1=O.CN(C)C=O. The highest BCUT2D eigenvalue weighted by molar-refractivity contribution is 5.78. The van der Waals surface area contributed by atoms with E-state index in [4.69, 9.17) is 0 Å². The zero-order valence-electron chi connectivity index (χ0n) is 8.19. The van der Waals surface area contributed by atoms with Gasteiger partial charge in [-0.2, -0.15) is 0 Å². The average Bonchev–Trinajstić information content (AvgIpc) is 2.52. The van der Waals surface area contributed by atoms with E-state index in [1.165, 1.54) is 4.90 Å². The summed E-state index contributed by atoms with van der Waals surface area (Å²) in [5, 5.41) is 0. The zero-order valence-corrected chi connectivity index (χ0v) is 8.19. The average molecular weight is 184 g/mol. The predicted octanol–water partition coefficient (Wildman–Crippen LogP) is 0.457. The Morgan fingerprint density at radius 2 is 2.08 bits per heavy atom. The van der Waals surface area contributed by atoms with E-state index < -0.39 is 0 Å². The van der Waals surface area contributed by atoms with Crippen LogP contribution in [0.5, 0.6) is 0 Å². The quantitative estimate of drug-likeness (QED) is 0.585. The van der Waals surface area contributed by atoms with Gasteiger partial charge >= 0.3 is 0 Å². The first-order valence-corrected chi connectivity index (χ1v) is 4.15. The van der Waals surface area contributed by atoms with Crippen molar-refractivity contribution in [1.82, 2.24) is 9.80 Å². The number of nitrogens with zero attached hydrogens (tertiary/aromatic N) is 2. The Balaban J connectivity index is 0.000000252. The first kappa shape index (κ1) is 11.7. The van der Waals surface area contributed by atoms with Crippen molar-refractivity contribution in [1.29, 1.82) is 0 Å². The van der Waals surface area contributed by atoms with Gasteiger partial charge in [0.05, 0.1) is 0 Å². The van der Waals surface area contributed by atoms with Crippen LogP contribution in [0.4, 0.5) is 0 Å². The topological polar surface area (TPSA) is 40.6 Å². The normalized spacial score (nSPS) is 14.6. The highest BCUT2D eigenvalue weighted by Crippen LogP contribution is 2.08. The molecule has 0 aromatic heterocycles. The molecule has 1 aliphatic rings. The molecule has 0 aromatic rings. The van der Waals surface area contributed by atoms with Crippen molar-refractivity contribution in [2.24, 2.45) is 0 Å². The molecule has 4 heteroatoms. The summed E-state index contributed by atoms with van der Waals surface area (Å²) in [6.45, 7) is 4.36. The molecule has 1 rings (SSSR count). The number of carbonyl (C=O) groups is 2. The van der Waals surface area contributed by atoms with Gasteiger partial charge in [0, 0.05) is 27.1 Å². The van der Waals surface area contributed by atoms with Crippen LogP contribution in [0.1, 0.15) is 12.8 Å². The molecule has 1 heterocycles. The van der Waals surface area contributed by atoms with E-state index in [-0.39, 0.29) is 5.91 Å². The van der Waals surface area contributed by atoms with Gasteiger partial charge in [0.1, 0.15) is 0 Å². The Kier molecular flexibility index (Phi) is 5.59. The maximum absolute atomic E-state index is 10.7. The molecule has 0 N–H and O–H groups in total. The number of amides is 2. The van der Waals surface area contributed by atoms with Crippen LogP contribution in [0.3, 0.4) is 0 Å². The minimum absolute atomic E-state index is 0.208. The molecule has 13 heavy (non-hydrogen) atoms. The second kappa shape index (κ2) is 6.22. The summed E-state index contributed by atoms with van der Waals surface area (Å²) in [4.78, 5) is 23.2. The first-order valence-electron chi connectivity index (χ1n) is 4.15. The Morgan fingerprint density at radius 1 is 1.54 bits per heavy atom. The van der Waals surface area contributed by atoms with E-state index in [0.717, 1.165) is 19.4 Å². The van der Waals surface area contributed by atoms with E-state index in [9.17, 15) is 9.59 Å². The van der Waals surface area contributed by atoms with E-state index in [1.807, 2.05) is 0 Å². The second-order valence-corrected chi connectivity index (χ2v) is 2.94. The molecule has 2 amide bonds. The Labute approximate surface area is 78.8 Å². The van der Waals surface area contributed by atoms with Gasteiger partial charge in [-0.3, -0.25) is 9.59 Å². The van der Waals surface area contributed by atoms with Crippen LogP contribution < -0.4 is 0 Å². The van der Waals surface area contributed by atoms with Crippen LogP contribution in [0.15, 0.2) is 12.8 Å². The Bertz CT molecular complexity index is 190. The molecule has 0 spiro atoms. The number of carbonyl (C=O) groups excluding carboxylic acids is 2. The Morgan fingerprint density at radius 3 is 2.23 bits per heavy atom. The highest BCUT2D eigenvalue weighted by atomic mass is 16.2. The number of hydrogen-bond acceptors (Lipinski definition) is 2. The van der Waals surface area contributed by atoms with E-state index in [2.05, 4.69) is 6.58 Å². The molecule has 74 valence electrons. The van der Waals surface area contributed by atoms with Crippen molar-refractivity contribution in [3.05, 3.63) is 12.8 Å². The fraction of sp³-hybridized carbons (Fsp3) is 0.556. The van der Waals surface area contributed by atoms with Crippen LogP contribution in [-0.2, 0) is 9.59 Å². The van der Waals surface area contributed by atoms with Crippen molar-refractivity contribution in [3.63, 3.8) is 0 Å². The number of rotatable bonds is 2. The zero-order chi connectivity index (χ0) is 10.3. The maximum atomic E-state index is 10.7. The van der Waals surface area contributed by atoms with Crippen molar-refractivity contribution < 1.29 is 9.59 Å². The minimum atomic E-state index is 0.208. The summed E-state index contributed by atoms with van der Waals surface area (Å²) >= 11 is 0. The summed E-state index contributed by atoms with van der Waals surface area (Å²) in [6, 6.07) is 0. The summed E-state index contributed by atoms with van der Waals surface area (Å²) in [5.74, 6) is 0.208. The van der Waals surface area contributed by atoms with Crippen molar-refractivity contribution in [2.45, 2.75) is 12.8 Å². The fourth-order valence-electron chi connectivity index (χ4n) is 0.862. The maximum Gasteiger partial charge on any atom is 0.226 e. The molecule has 0 aromatic carbocycles. The third-order valence-electron chi connectivity index (χ3n) is 1.54. The third-order valence-corrected chi connectivity index (χ3v) is 1.54. The summed E-state index contributed by atoms with van der Waals surface area (Å²) in [6.07, 6.45) is 4.03. The molecule has 1 fully saturated rings. The molecule has 0 bridgehead atoms. The molecule has 1 aliphatic heterocycles. The molecule has 0 atom stereocenters. The highest BCUT2D eigenvalue weighted by Gasteiger charge is 2.15. The van der Waals surface area contributed by atoms with Crippen LogP contribution in [0, 0.1) is 0 Å². The van der Waals surface area contributed by atoms with E-state index in [0.29, 0.717) is 6.42 Å². The van der Waals surface area contributed by atoms with Gasteiger partial charge in [-0.25, -0.2) is 0 Å². The van der Waals surface area contributed by atoms with Crippen LogP contribution in [0.25, 0.3) is 0 Å². The lowest BCUT2D eigenvalue weighted by Gasteiger charge is -2.05. The lowest BCUT2D eigenvalue weighted by atomic mass is 10.4. The Hall–Kier alpha value is -1.32. The lowest BCUT2D eigenvalue weighted by Crippen LogP contribution is -2.16. The van der Waals surface area contributed by atoms with Gasteiger partial charge in [-0.1, -0.05) is 6.58 Å². The molecule has 0 unspecified atom stereocenters. The minimum Gasteiger partial charge on any atom is -0.351 e. The van der Waals surface area contributed by atoms with Gasteiger partial charge in [0.15, 0.2) is 0 Å². The predicted molar refractivity (Wildman–Crippen MR) is 50.9 cm³/mol. The third kappa shape index (κ3) is 5.00. The molecule has 0 saturated carbocycles. The van der Waals surface area contributed by atoms with Gasteiger partial charge in [0.25, 0.3) is 0 Å². The first-order chi connectivity index (χ1) is 6.11. The molecule has 0 aliphatic carbocycles. The van der Waals surface area contributed by atoms with Crippen LogP contribution >= 0.6 is 0 Å². The molecular weight excluding hydrogens is 168 g/mol. The monoisotopic (exact) mass is 184 g/mol. The van der Waals surface area contributed by atoms with E-state index in [1.54, 1.807) is 25.2 Å². The van der Waals surface area contributed by atoms with Crippen molar-refractivity contribution in [3.8, 4) is 0 Å². The summed E-state index contributed by atoms with van der Waals surface area (Å²) in [7, 11) is 3.38. The number of likely N-dealkylation sites (tertiary alicyclic amines) is 1. The van der Waals surface area contributed by atoms with Crippen LogP contribution in [0.2, 0.25) is 0 Å². The largest absolute Gasteiger partial charge is 0.351 e. The number of hydrogen-bond donors (Lipinski definition) is 0. The summed E-state index contributed by atoms with van der Waals surface area (Å²) < 4.78 is 0. The van der Waals surface area contributed by atoms with E-state index >= 15 is 0 Å². The molecule has 0 radical (unpaired) electrons. The summed E-state index contributed by atoms with van der Waals surface area (Å²) in [5.41, 5.74) is 0. The molecule has 1 saturated heterocycles. The van der Waals surface area contributed by atoms with Gasteiger partial charge < -0.3 is 9.80 Å². The van der Waals surface area contributed by atoms with Crippen molar-refractivity contribution in [2.75, 3.05) is 20.6 Å². The van der Waals surface area contributed by atoms with Crippen molar-refractivity contribution >= 4 is 12.3 Å². The van der Waals surface area contributed by atoms with Gasteiger partial charge in [0.2, 0.25) is 12.3 Å². The lowest BCUT2D eigenvalue weighted by molar-refractivity contribution is -0.125. The molecular formula is C9H16N2O2. The smallest absolute Gasteiger partial charge is 0.226 e. The van der Waals surface area contributed by atoms with Crippen LogP contribution in [-0.4, -0.2) is 42.8 Å². The molecule has 4 nitrogen and oxygen atoms in total. The second-order valence-electron chi connectivity index (χ2n) is 2.94. The van der Waals surface area contributed by atoms with Gasteiger partial charge in [-0.05, 0) is 12.6 Å². The standard InChI is InChI=1S/C6H9NO.C3H7NO/c1-2-7-5-3-4-6(7)8;1-4(2)3-5/h2H,1,3-5H2;3H,1-2H3. The van der Waals surface area contributed by atoms with Gasteiger partial charge in [-0.15, -0.1) is 0 Å². The fourth-order valence-corrected chi connectivity index (χ4v) is 0.862.